The number of anilines is 2. The first-order valence-electron chi connectivity index (χ1n) is 7.71. The van der Waals surface area contributed by atoms with Crippen molar-refractivity contribution in [3.63, 3.8) is 0 Å². The zero-order valence-corrected chi connectivity index (χ0v) is 16.5. The van der Waals surface area contributed by atoms with Gasteiger partial charge in [0.15, 0.2) is 0 Å². The van der Waals surface area contributed by atoms with Crippen LogP contribution in [0, 0.1) is 0 Å². The van der Waals surface area contributed by atoms with Gasteiger partial charge in [-0.25, -0.2) is 0 Å². The number of hydrogen-bond donors (Lipinski definition) is 2. The molecule has 0 saturated carbocycles. The monoisotopic (exact) mass is 423 g/mol. The second-order valence-electron chi connectivity index (χ2n) is 5.36. The molecular weight excluding hydrogens is 409 g/mol. The smallest absolute Gasteiger partial charge is 0.315 e. The van der Waals surface area contributed by atoms with Gasteiger partial charge in [0, 0.05) is 17.0 Å². The molecular formula is C17H15Cl2N5O2S. The maximum absolute atomic E-state index is 12.5. The van der Waals surface area contributed by atoms with Gasteiger partial charge in [-0.3, -0.25) is 4.79 Å². The summed E-state index contributed by atoms with van der Waals surface area (Å²) in [6.07, 6.45) is 0. The lowest BCUT2D eigenvalue weighted by Gasteiger charge is -2.10. The Morgan fingerprint density at radius 2 is 1.96 bits per heavy atom. The number of para-hydroxylation sites is 1. The van der Waals surface area contributed by atoms with E-state index in [9.17, 15) is 4.79 Å². The summed E-state index contributed by atoms with van der Waals surface area (Å²) in [5.74, 6) is 7.15. The van der Waals surface area contributed by atoms with Gasteiger partial charge in [-0.1, -0.05) is 53.2 Å². The van der Waals surface area contributed by atoms with Crippen LogP contribution < -0.4 is 21.5 Å². The summed E-state index contributed by atoms with van der Waals surface area (Å²) in [6.45, 7) is 0. The zero-order valence-electron chi connectivity index (χ0n) is 14.1. The Morgan fingerprint density at radius 1 is 1.19 bits per heavy atom. The molecule has 0 amide bonds. The number of nitrogen functional groups attached to an aromatic ring is 1. The number of thioether (sulfide) groups is 1. The van der Waals surface area contributed by atoms with E-state index in [0.717, 1.165) is 16.0 Å². The van der Waals surface area contributed by atoms with Crippen molar-refractivity contribution in [1.29, 1.82) is 0 Å². The summed E-state index contributed by atoms with van der Waals surface area (Å²) in [5.41, 5.74) is 0.987. The summed E-state index contributed by atoms with van der Waals surface area (Å²) < 4.78 is 6.26. The SMILES string of the molecule is COc1ccccc1CSc1nnc(Nc2ccc(Cl)c(Cl)c2)c(=O)n1N. The van der Waals surface area contributed by atoms with Gasteiger partial charge in [0.1, 0.15) is 5.75 Å². The predicted octanol–water partition coefficient (Wildman–Crippen LogP) is 3.70. The molecule has 0 aliphatic rings. The number of methoxy groups -OCH3 is 1. The third kappa shape index (κ3) is 4.47. The maximum Gasteiger partial charge on any atom is 0.315 e. The third-order valence-electron chi connectivity index (χ3n) is 3.59. The van der Waals surface area contributed by atoms with Crippen LogP contribution in [-0.4, -0.2) is 22.0 Å². The molecule has 3 rings (SSSR count). The van der Waals surface area contributed by atoms with Crippen molar-refractivity contribution in [3.05, 3.63) is 68.4 Å². The van der Waals surface area contributed by atoms with Crippen molar-refractivity contribution in [2.24, 2.45) is 0 Å². The molecule has 2 aromatic carbocycles. The highest BCUT2D eigenvalue weighted by Gasteiger charge is 2.13. The van der Waals surface area contributed by atoms with E-state index in [0.29, 0.717) is 21.5 Å². The van der Waals surface area contributed by atoms with Gasteiger partial charge in [-0.05, 0) is 24.3 Å². The van der Waals surface area contributed by atoms with Gasteiger partial charge in [0.25, 0.3) is 0 Å². The van der Waals surface area contributed by atoms with Gasteiger partial charge in [0.2, 0.25) is 11.0 Å². The van der Waals surface area contributed by atoms with E-state index in [1.165, 1.54) is 11.8 Å². The minimum Gasteiger partial charge on any atom is -0.496 e. The molecule has 0 atom stereocenters. The molecule has 10 heteroatoms. The number of nitrogens with two attached hydrogens (primary N) is 1. The fourth-order valence-electron chi connectivity index (χ4n) is 2.24. The van der Waals surface area contributed by atoms with Crippen LogP contribution in [0.4, 0.5) is 11.5 Å². The van der Waals surface area contributed by atoms with Crippen molar-refractivity contribution in [2.45, 2.75) is 10.9 Å². The van der Waals surface area contributed by atoms with Crippen LogP contribution in [0.3, 0.4) is 0 Å². The van der Waals surface area contributed by atoms with E-state index in [-0.39, 0.29) is 11.0 Å². The summed E-state index contributed by atoms with van der Waals surface area (Å²) in [6, 6.07) is 12.4. The normalized spacial score (nSPS) is 10.6. The van der Waals surface area contributed by atoms with Gasteiger partial charge < -0.3 is 15.9 Å². The molecule has 0 unspecified atom stereocenters. The minimum atomic E-state index is -0.515. The summed E-state index contributed by atoms with van der Waals surface area (Å²) in [4.78, 5) is 12.5. The number of halogens is 2. The second kappa shape index (κ2) is 8.51. The van der Waals surface area contributed by atoms with E-state index in [2.05, 4.69) is 15.5 Å². The lowest BCUT2D eigenvalue weighted by atomic mass is 10.2. The molecule has 0 saturated heterocycles. The van der Waals surface area contributed by atoms with Gasteiger partial charge in [-0.15, -0.1) is 10.2 Å². The third-order valence-corrected chi connectivity index (χ3v) is 5.33. The van der Waals surface area contributed by atoms with Crippen LogP contribution in [0.5, 0.6) is 5.75 Å². The summed E-state index contributed by atoms with van der Waals surface area (Å²) in [7, 11) is 1.60. The first-order valence-corrected chi connectivity index (χ1v) is 9.45. The van der Waals surface area contributed by atoms with Gasteiger partial charge in [0.05, 0.1) is 17.2 Å². The van der Waals surface area contributed by atoms with E-state index < -0.39 is 5.56 Å². The molecule has 0 fully saturated rings. The summed E-state index contributed by atoms with van der Waals surface area (Å²) >= 11 is 13.1. The zero-order chi connectivity index (χ0) is 19.4. The van der Waals surface area contributed by atoms with Crippen LogP contribution in [0.25, 0.3) is 0 Å². The number of rotatable bonds is 6. The van der Waals surface area contributed by atoms with Crippen molar-refractivity contribution < 1.29 is 4.74 Å². The Balaban J connectivity index is 1.78. The molecule has 140 valence electrons. The van der Waals surface area contributed by atoms with Crippen LogP contribution in [0.15, 0.2) is 52.4 Å². The number of nitrogens with one attached hydrogen (secondary N) is 1. The lowest BCUT2D eigenvalue weighted by molar-refractivity contribution is 0.411. The predicted molar refractivity (Wildman–Crippen MR) is 109 cm³/mol. The van der Waals surface area contributed by atoms with E-state index in [4.69, 9.17) is 33.8 Å². The Bertz CT molecular complexity index is 1030. The maximum atomic E-state index is 12.5. The number of benzene rings is 2. The molecule has 3 N–H and O–H groups in total. The van der Waals surface area contributed by atoms with Crippen molar-refractivity contribution in [2.75, 3.05) is 18.3 Å². The number of nitrogens with zero attached hydrogens (tertiary/aromatic N) is 3. The van der Waals surface area contributed by atoms with Crippen molar-refractivity contribution >= 4 is 46.5 Å². The summed E-state index contributed by atoms with van der Waals surface area (Å²) in [5, 5.41) is 11.9. The topological polar surface area (TPSA) is 95.1 Å². The highest BCUT2D eigenvalue weighted by Crippen LogP contribution is 2.27. The van der Waals surface area contributed by atoms with Gasteiger partial charge in [-0.2, -0.15) is 4.68 Å². The van der Waals surface area contributed by atoms with E-state index in [1.54, 1.807) is 25.3 Å². The van der Waals surface area contributed by atoms with Gasteiger partial charge >= 0.3 is 5.56 Å². The number of hydrogen-bond acceptors (Lipinski definition) is 7. The molecule has 3 aromatic rings. The van der Waals surface area contributed by atoms with Crippen LogP contribution in [0.2, 0.25) is 10.0 Å². The van der Waals surface area contributed by atoms with Crippen LogP contribution in [0.1, 0.15) is 5.56 Å². The van der Waals surface area contributed by atoms with Crippen LogP contribution in [-0.2, 0) is 5.75 Å². The standard InChI is InChI=1S/C17H15Cl2N5O2S/c1-26-14-5-3-2-4-10(14)9-27-17-23-22-15(16(25)24(17)20)21-11-6-7-12(18)13(19)8-11/h2-8H,9,20H2,1H3,(H,21,22). The quantitative estimate of drug-likeness (QED) is 0.460. The Kier molecular flexibility index (Phi) is 6.10. The molecule has 0 spiro atoms. The Labute approximate surface area is 169 Å². The van der Waals surface area contributed by atoms with Crippen molar-refractivity contribution in [3.8, 4) is 5.75 Å². The largest absolute Gasteiger partial charge is 0.496 e. The molecule has 7 nitrogen and oxygen atoms in total. The fourth-order valence-corrected chi connectivity index (χ4v) is 3.38. The Hall–Kier alpha value is -2.42. The molecule has 0 bridgehead atoms. The van der Waals surface area contributed by atoms with E-state index >= 15 is 0 Å². The molecule has 27 heavy (non-hydrogen) atoms. The van der Waals surface area contributed by atoms with Crippen molar-refractivity contribution in [1.82, 2.24) is 14.9 Å². The highest BCUT2D eigenvalue weighted by atomic mass is 35.5. The average molecular weight is 424 g/mol. The fraction of sp³-hybridized carbons (Fsp3) is 0.118. The van der Waals surface area contributed by atoms with Crippen LogP contribution >= 0.6 is 35.0 Å². The first-order chi connectivity index (χ1) is 13.0. The second-order valence-corrected chi connectivity index (χ2v) is 7.12. The lowest BCUT2D eigenvalue weighted by Crippen LogP contribution is -2.32. The molecule has 1 heterocycles. The highest BCUT2D eigenvalue weighted by molar-refractivity contribution is 7.98. The van der Waals surface area contributed by atoms with E-state index in [1.807, 2.05) is 24.3 Å². The molecule has 0 aliphatic carbocycles. The number of aromatic nitrogens is 3. The molecule has 1 aromatic heterocycles. The number of ether oxygens (including phenoxy) is 1. The molecule has 0 radical (unpaired) electrons. The Morgan fingerprint density at radius 3 is 2.70 bits per heavy atom. The average Bonchev–Trinajstić information content (AvgIpc) is 2.68. The molecule has 0 aliphatic heterocycles. The first kappa shape index (κ1) is 19.3. The minimum absolute atomic E-state index is 0.0162.